The number of nitrogens with two attached hydrogens (primary N) is 1. The third-order valence-electron chi connectivity index (χ3n) is 5.68. The standard InChI is InChI=1S/C19H26F4N4O/c1-25-16-9-17(27-7-6-12(20)10-27)14(8-15(16)24)18(28)26-13-4-2-11(3-5-13)19(21,22)23/h8-9,11-13,25H,2-7,10,24H2,1H3,(H,26,28)/t11-,12-,13-/m0/s1. The first-order valence-electron chi connectivity index (χ1n) is 9.57. The zero-order valence-corrected chi connectivity index (χ0v) is 15.8. The highest BCUT2D eigenvalue weighted by Crippen LogP contribution is 2.38. The Kier molecular flexibility index (Phi) is 5.90. The first-order valence-corrected chi connectivity index (χ1v) is 9.57. The highest BCUT2D eigenvalue weighted by Gasteiger charge is 2.41. The molecule has 0 radical (unpaired) electrons. The molecule has 9 heteroatoms. The Bertz CT molecular complexity index is 717. The lowest BCUT2D eigenvalue weighted by atomic mass is 9.85. The first-order chi connectivity index (χ1) is 13.2. The molecular weight excluding hydrogens is 376 g/mol. The number of hydrogen-bond acceptors (Lipinski definition) is 4. The Morgan fingerprint density at radius 1 is 1.18 bits per heavy atom. The number of benzene rings is 1. The minimum Gasteiger partial charge on any atom is -0.397 e. The van der Waals surface area contributed by atoms with E-state index in [0.717, 1.165) is 0 Å². The quantitative estimate of drug-likeness (QED) is 0.531. The molecule has 0 unspecified atom stereocenters. The van der Waals surface area contributed by atoms with Crippen LogP contribution in [0.4, 0.5) is 34.6 Å². The van der Waals surface area contributed by atoms with Crippen LogP contribution < -0.4 is 21.3 Å². The maximum Gasteiger partial charge on any atom is 0.391 e. The van der Waals surface area contributed by atoms with E-state index in [9.17, 15) is 22.4 Å². The van der Waals surface area contributed by atoms with Gasteiger partial charge in [0.1, 0.15) is 6.17 Å². The summed E-state index contributed by atoms with van der Waals surface area (Å²) < 4.78 is 52.2. The smallest absolute Gasteiger partial charge is 0.391 e. The summed E-state index contributed by atoms with van der Waals surface area (Å²) in [6.07, 6.45) is -4.16. The van der Waals surface area contributed by atoms with E-state index in [2.05, 4.69) is 10.6 Å². The summed E-state index contributed by atoms with van der Waals surface area (Å²) >= 11 is 0. The van der Waals surface area contributed by atoms with Crippen LogP contribution in [-0.2, 0) is 0 Å². The lowest BCUT2D eigenvalue weighted by Gasteiger charge is -2.31. The van der Waals surface area contributed by atoms with Gasteiger partial charge in [0.05, 0.1) is 28.5 Å². The monoisotopic (exact) mass is 402 g/mol. The van der Waals surface area contributed by atoms with Crippen LogP contribution in [0.3, 0.4) is 0 Å². The van der Waals surface area contributed by atoms with Crippen molar-refractivity contribution < 1.29 is 22.4 Å². The number of nitrogens with one attached hydrogen (secondary N) is 2. The highest BCUT2D eigenvalue weighted by atomic mass is 19.4. The van der Waals surface area contributed by atoms with Crippen LogP contribution in [0.25, 0.3) is 0 Å². The number of hydrogen-bond donors (Lipinski definition) is 3. The predicted octanol–water partition coefficient (Wildman–Crippen LogP) is 3.71. The predicted molar refractivity (Wildman–Crippen MR) is 101 cm³/mol. The maximum atomic E-state index is 13.7. The molecule has 1 atom stereocenters. The van der Waals surface area contributed by atoms with E-state index in [1.807, 2.05) is 0 Å². The molecule has 1 amide bonds. The fourth-order valence-corrected chi connectivity index (χ4v) is 4.03. The van der Waals surface area contributed by atoms with E-state index in [1.165, 1.54) is 0 Å². The van der Waals surface area contributed by atoms with Crippen molar-refractivity contribution in [3.05, 3.63) is 17.7 Å². The summed E-state index contributed by atoms with van der Waals surface area (Å²) in [6, 6.07) is 2.96. The molecule has 0 bridgehead atoms. The molecular formula is C19H26F4N4O. The molecule has 5 nitrogen and oxygen atoms in total. The van der Waals surface area contributed by atoms with Gasteiger partial charge in [0, 0.05) is 26.2 Å². The van der Waals surface area contributed by atoms with Gasteiger partial charge in [-0.2, -0.15) is 13.2 Å². The lowest BCUT2D eigenvalue weighted by Crippen LogP contribution is -2.40. The van der Waals surface area contributed by atoms with Gasteiger partial charge in [-0.1, -0.05) is 0 Å². The number of nitrogens with zero attached hydrogens (tertiary/aromatic N) is 1. The van der Waals surface area contributed by atoms with Gasteiger partial charge in [0.2, 0.25) is 0 Å². The third kappa shape index (κ3) is 4.44. The Morgan fingerprint density at radius 2 is 1.86 bits per heavy atom. The Labute approximate surface area is 161 Å². The van der Waals surface area contributed by atoms with E-state index in [4.69, 9.17) is 5.73 Å². The number of carbonyl (C=O) groups excluding carboxylic acids is 1. The van der Waals surface area contributed by atoms with E-state index in [0.29, 0.717) is 35.6 Å². The van der Waals surface area contributed by atoms with E-state index >= 15 is 0 Å². The summed E-state index contributed by atoms with van der Waals surface area (Å²) in [6.45, 7) is 0.690. The zero-order chi connectivity index (χ0) is 20.5. The average Bonchev–Trinajstić information content (AvgIpc) is 3.07. The molecule has 1 heterocycles. The van der Waals surface area contributed by atoms with Crippen LogP contribution in [0.15, 0.2) is 12.1 Å². The summed E-state index contributed by atoms with van der Waals surface area (Å²) in [5, 5.41) is 5.80. The van der Waals surface area contributed by atoms with Gasteiger partial charge in [0.25, 0.3) is 5.91 Å². The van der Waals surface area contributed by atoms with Crippen LogP contribution >= 0.6 is 0 Å². The molecule has 1 aromatic carbocycles. The summed E-state index contributed by atoms with van der Waals surface area (Å²) in [5.74, 6) is -1.69. The van der Waals surface area contributed by atoms with Crippen LogP contribution in [-0.4, -0.2) is 44.4 Å². The van der Waals surface area contributed by atoms with Gasteiger partial charge >= 0.3 is 6.18 Å². The van der Waals surface area contributed by atoms with Gasteiger partial charge in [0.15, 0.2) is 0 Å². The van der Waals surface area contributed by atoms with Crippen LogP contribution in [0.1, 0.15) is 42.5 Å². The van der Waals surface area contributed by atoms with Crippen molar-refractivity contribution in [3.63, 3.8) is 0 Å². The van der Waals surface area contributed by atoms with Gasteiger partial charge in [-0.05, 0) is 44.2 Å². The number of rotatable bonds is 4. The molecule has 1 aliphatic carbocycles. The van der Waals surface area contributed by atoms with Crippen LogP contribution in [0.5, 0.6) is 0 Å². The third-order valence-corrected chi connectivity index (χ3v) is 5.68. The number of anilines is 3. The number of halogens is 4. The maximum absolute atomic E-state index is 13.7. The van der Waals surface area contributed by atoms with Gasteiger partial charge in [-0.3, -0.25) is 4.79 Å². The summed E-state index contributed by atoms with van der Waals surface area (Å²) in [5.41, 5.74) is 7.93. The second kappa shape index (κ2) is 8.05. The number of carbonyl (C=O) groups is 1. The Morgan fingerprint density at radius 3 is 2.39 bits per heavy atom. The largest absolute Gasteiger partial charge is 0.397 e. The van der Waals surface area contributed by atoms with Crippen molar-refractivity contribution in [1.29, 1.82) is 0 Å². The number of amides is 1. The van der Waals surface area contributed by atoms with Crippen LogP contribution in [0.2, 0.25) is 0 Å². The molecule has 2 fully saturated rings. The average molecular weight is 402 g/mol. The first kappa shape index (κ1) is 20.5. The van der Waals surface area contributed by atoms with Crippen molar-refractivity contribution in [2.45, 2.75) is 50.5 Å². The minimum atomic E-state index is -4.18. The van der Waals surface area contributed by atoms with Crippen molar-refractivity contribution in [2.75, 3.05) is 36.1 Å². The van der Waals surface area contributed by atoms with Gasteiger partial charge < -0.3 is 21.3 Å². The van der Waals surface area contributed by atoms with E-state index in [1.54, 1.807) is 24.1 Å². The topological polar surface area (TPSA) is 70.4 Å². The number of alkyl halides is 4. The van der Waals surface area contributed by atoms with Crippen molar-refractivity contribution >= 4 is 23.0 Å². The normalized spacial score (nSPS) is 25.6. The molecule has 28 heavy (non-hydrogen) atoms. The van der Waals surface area contributed by atoms with Crippen LogP contribution in [0, 0.1) is 5.92 Å². The second-order valence-electron chi connectivity index (χ2n) is 7.60. The lowest BCUT2D eigenvalue weighted by molar-refractivity contribution is -0.182. The fourth-order valence-electron chi connectivity index (χ4n) is 4.03. The molecule has 1 aliphatic heterocycles. The zero-order valence-electron chi connectivity index (χ0n) is 15.8. The van der Waals surface area contributed by atoms with Gasteiger partial charge in [-0.15, -0.1) is 0 Å². The molecule has 4 N–H and O–H groups in total. The van der Waals surface area contributed by atoms with Crippen molar-refractivity contribution in [2.24, 2.45) is 5.92 Å². The number of nitrogen functional groups attached to an aromatic ring is 1. The second-order valence-corrected chi connectivity index (χ2v) is 7.60. The van der Waals surface area contributed by atoms with Crippen molar-refractivity contribution in [1.82, 2.24) is 5.32 Å². The molecule has 1 saturated heterocycles. The molecule has 156 valence electrons. The van der Waals surface area contributed by atoms with E-state index < -0.39 is 18.3 Å². The fraction of sp³-hybridized carbons (Fsp3) is 0.632. The molecule has 1 saturated carbocycles. The molecule has 0 spiro atoms. The SMILES string of the molecule is CNc1cc(N2CC[C@H](F)C2)c(C(=O)N[C@H]2CC[C@H](C(F)(F)F)CC2)cc1N. The van der Waals surface area contributed by atoms with Crippen molar-refractivity contribution in [3.8, 4) is 0 Å². The Hall–Kier alpha value is -2.19. The summed E-state index contributed by atoms with van der Waals surface area (Å²) in [7, 11) is 1.70. The highest BCUT2D eigenvalue weighted by molar-refractivity contribution is 6.02. The van der Waals surface area contributed by atoms with E-state index in [-0.39, 0.29) is 44.2 Å². The molecule has 2 aliphatic rings. The van der Waals surface area contributed by atoms with Gasteiger partial charge in [-0.25, -0.2) is 4.39 Å². The summed E-state index contributed by atoms with van der Waals surface area (Å²) in [4.78, 5) is 14.7. The molecule has 3 rings (SSSR count). The minimum absolute atomic E-state index is 0.0117. The molecule has 0 aromatic heterocycles. The molecule has 1 aromatic rings. The Balaban J connectivity index is 1.75.